The molecule has 1 aromatic carbocycles. The lowest BCUT2D eigenvalue weighted by Gasteiger charge is -2.07. The smallest absolute Gasteiger partial charge is 0.224 e. The van der Waals surface area contributed by atoms with E-state index in [4.69, 9.17) is 5.73 Å². The van der Waals surface area contributed by atoms with Crippen LogP contribution in [0.15, 0.2) is 30.6 Å². The highest BCUT2D eigenvalue weighted by molar-refractivity contribution is 5.85. The number of nitrogen functional groups attached to an aromatic ring is 1. The number of H-pyrrole nitrogens is 1. The van der Waals surface area contributed by atoms with Gasteiger partial charge >= 0.3 is 0 Å². The van der Waals surface area contributed by atoms with E-state index in [9.17, 15) is 0 Å². The Morgan fingerprint density at radius 1 is 1.20 bits per heavy atom. The molecule has 0 radical (unpaired) electrons. The fourth-order valence-electron chi connectivity index (χ4n) is 2.12. The van der Waals surface area contributed by atoms with Gasteiger partial charge in [-0.1, -0.05) is 25.5 Å². The molecule has 0 fully saturated rings. The number of hydrogen-bond acceptors (Lipinski definition) is 5. The van der Waals surface area contributed by atoms with E-state index in [2.05, 4.69) is 44.3 Å². The average molecular weight is 268 g/mol. The Morgan fingerprint density at radius 3 is 2.75 bits per heavy atom. The van der Waals surface area contributed by atoms with Crippen molar-refractivity contribution in [1.82, 2.24) is 19.9 Å². The molecule has 2 heterocycles. The van der Waals surface area contributed by atoms with Gasteiger partial charge in [-0.25, -0.2) is 4.98 Å². The molecule has 0 unspecified atom stereocenters. The molecule has 0 aliphatic heterocycles. The van der Waals surface area contributed by atoms with Gasteiger partial charge in [-0.15, -0.1) is 0 Å². The fourth-order valence-corrected chi connectivity index (χ4v) is 2.12. The monoisotopic (exact) mass is 268 g/mol. The fraction of sp³-hybridized carbons (Fsp3) is 0.214. The molecule has 0 aliphatic carbocycles. The first-order valence-electron chi connectivity index (χ1n) is 6.59. The van der Waals surface area contributed by atoms with E-state index in [0.717, 1.165) is 24.0 Å². The van der Waals surface area contributed by atoms with Gasteiger partial charge in [-0.2, -0.15) is 9.97 Å². The molecule has 3 aromatic rings. The second-order valence-electron chi connectivity index (χ2n) is 4.60. The number of anilines is 3. The zero-order valence-electron chi connectivity index (χ0n) is 11.2. The van der Waals surface area contributed by atoms with Crippen LogP contribution in [0.2, 0.25) is 0 Å². The summed E-state index contributed by atoms with van der Waals surface area (Å²) in [4.78, 5) is 15.4. The molecule has 0 saturated carbocycles. The minimum atomic E-state index is 0.203. The molecule has 2 aromatic heterocycles. The summed E-state index contributed by atoms with van der Waals surface area (Å²) in [7, 11) is 0. The summed E-state index contributed by atoms with van der Waals surface area (Å²) in [6.45, 7) is 2.17. The first-order chi connectivity index (χ1) is 9.76. The highest BCUT2D eigenvalue weighted by atomic mass is 15.1. The number of imidazole rings is 1. The summed E-state index contributed by atoms with van der Waals surface area (Å²) in [5, 5.41) is 3.24. The quantitative estimate of drug-likeness (QED) is 0.676. The highest BCUT2D eigenvalue weighted by Gasteiger charge is 2.08. The lowest BCUT2D eigenvalue weighted by molar-refractivity contribution is 0.922. The van der Waals surface area contributed by atoms with Crippen molar-refractivity contribution in [3.05, 3.63) is 36.2 Å². The van der Waals surface area contributed by atoms with Crippen molar-refractivity contribution < 1.29 is 0 Å². The lowest BCUT2D eigenvalue weighted by atomic mass is 10.1. The van der Waals surface area contributed by atoms with Crippen LogP contribution in [0.1, 0.15) is 18.9 Å². The number of rotatable bonds is 4. The van der Waals surface area contributed by atoms with Crippen LogP contribution in [0.4, 0.5) is 17.5 Å². The van der Waals surface area contributed by atoms with Crippen molar-refractivity contribution in [1.29, 1.82) is 0 Å². The SMILES string of the molecule is CCCc1ccc(Nc2nc(N)nc3nc[nH]c23)cc1. The van der Waals surface area contributed by atoms with Crippen LogP contribution in [0.5, 0.6) is 0 Å². The number of benzene rings is 1. The number of nitrogens with one attached hydrogen (secondary N) is 2. The topological polar surface area (TPSA) is 92.5 Å². The lowest BCUT2D eigenvalue weighted by Crippen LogP contribution is -2.01. The maximum atomic E-state index is 5.69. The number of fused-ring (bicyclic) bond motifs is 1. The second kappa shape index (κ2) is 5.16. The molecule has 20 heavy (non-hydrogen) atoms. The molecular weight excluding hydrogens is 252 g/mol. The van der Waals surface area contributed by atoms with Gasteiger partial charge in [0.15, 0.2) is 11.5 Å². The van der Waals surface area contributed by atoms with Gasteiger partial charge < -0.3 is 16.0 Å². The maximum Gasteiger partial charge on any atom is 0.224 e. The van der Waals surface area contributed by atoms with Gasteiger partial charge in [0.25, 0.3) is 0 Å². The predicted octanol–water partition coefficient (Wildman–Crippen LogP) is 2.63. The van der Waals surface area contributed by atoms with Gasteiger partial charge in [0.05, 0.1) is 6.33 Å². The average Bonchev–Trinajstić information content (AvgIpc) is 2.89. The van der Waals surface area contributed by atoms with E-state index in [1.54, 1.807) is 6.33 Å². The molecule has 0 aliphatic rings. The van der Waals surface area contributed by atoms with E-state index < -0.39 is 0 Å². The number of aryl methyl sites for hydroxylation is 1. The van der Waals surface area contributed by atoms with Gasteiger partial charge in [0.1, 0.15) is 5.52 Å². The molecular formula is C14H16N6. The Morgan fingerprint density at radius 2 is 2.00 bits per heavy atom. The zero-order valence-corrected chi connectivity index (χ0v) is 11.2. The molecule has 3 rings (SSSR count). The van der Waals surface area contributed by atoms with Gasteiger partial charge in [0, 0.05) is 5.69 Å². The number of hydrogen-bond donors (Lipinski definition) is 3. The van der Waals surface area contributed by atoms with E-state index in [1.807, 2.05) is 12.1 Å². The van der Waals surface area contributed by atoms with Crippen molar-refractivity contribution in [2.24, 2.45) is 0 Å². The number of aromatic nitrogens is 4. The van der Waals surface area contributed by atoms with Crippen LogP contribution < -0.4 is 11.1 Å². The Kier molecular flexibility index (Phi) is 3.20. The van der Waals surface area contributed by atoms with Gasteiger partial charge in [-0.05, 0) is 24.1 Å². The van der Waals surface area contributed by atoms with E-state index >= 15 is 0 Å². The van der Waals surface area contributed by atoms with Crippen LogP contribution >= 0.6 is 0 Å². The van der Waals surface area contributed by atoms with Gasteiger partial charge in [-0.3, -0.25) is 0 Å². The Labute approximate surface area is 116 Å². The largest absolute Gasteiger partial charge is 0.368 e. The van der Waals surface area contributed by atoms with Crippen LogP contribution in [0.25, 0.3) is 11.2 Å². The zero-order chi connectivity index (χ0) is 13.9. The van der Waals surface area contributed by atoms with Crippen molar-refractivity contribution >= 4 is 28.6 Å². The summed E-state index contributed by atoms with van der Waals surface area (Å²) in [6, 6.07) is 8.29. The van der Waals surface area contributed by atoms with Crippen LogP contribution in [0, 0.1) is 0 Å². The van der Waals surface area contributed by atoms with Gasteiger partial charge in [0.2, 0.25) is 5.95 Å². The molecule has 0 amide bonds. The third-order valence-electron chi connectivity index (χ3n) is 3.06. The Bertz CT molecular complexity index is 716. The number of aromatic amines is 1. The second-order valence-corrected chi connectivity index (χ2v) is 4.60. The highest BCUT2D eigenvalue weighted by Crippen LogP contribution is 2.22. The van der Waals surface area contributed by atoms with Crippen LogP contribution in [0.3, 0.4) is 0 Å². The van der Waals surface area contributed by atoms with Crippen molar-refractivity contribution in [3.63, 3.8) is 0 Å². The minimum Gasteiger partial charge on any atom is -0.368 e. The molecule has 0 saturated heterocycles. The minimum absolute atomic E-state index is 0.203. The van der Waals surface area contributed by atoms with E-state index in [-0.39, 0.29) is 5.95 Å². The first kappa shape index (κ1) is 12.4. The normalized spacial score (nSPS) is 10.8. The third kappa shape index (κ3) is 2.40. The maximum absolute atomic E-state index is 5.69. The summed E-state index contributed by atoms with van der Waals surface area (Å²) in [5.74, 6) is 0.836. The molecule has 6 heteroatoms. The summed E-state index contributed by atoms with van der Waals surface area (Å²) >= 11 is 0. The van der Waals surface area contributed by atoms with Crippen LogP contribution in [-0.4, -0.2) is 19.9 Å². The third-order valence-corrected chi connectivity index (χ3v) is 3.06. The molecule has 6 nitrogen and oxygen atoms in total. The molecule has 0 atom stereocenters. The Balaban J connectivity index is 1.90. The predicted molar refractivity (Wildman–Crippen MR) is 79.8 cm³/mol. The van der Waals surface area contributed by atoms with Crippen molar-refractivity contribution in [2.75, 3.05) is 11.1 Å². The first-order valence-corrected chi connectivity index (χ1v) is 6.59. The van der Waals surface area contributed by atoms with Crippen molar-refractivity contribution in [2.45, 2.75) is 19.8 Å². The van der Waals surface area contributed by atoms with Crippen molar-refractivity contribution in [3.8, 4) is 0 Å². The summed E-state index contributed by atoms with van der Waals surface area (Å²) < 4.78 is 0. The van der Waals surface area contributed by atoms with Crippen LogP contribution in [-0.2, 0) is 6.42 Å². The van der Waals surface area contributed by atoms with E-state index in [0.29, 0.717) is 11.5 Å². The Hall–Kier alpha value is -2.63. The number of nitrogens with two attached hydrogens (primary N) is 1. The molecule has 102 valence electrons. The summed E-state index contributed by atoms with van der Waals surface area (Å²) in [6.07, 6.45) is 3.81. The molecule has 0 spiro atoms. The van der Waals surface area contributed by atoms with E-state index in [1.165, 1.54) is 5.56 Å². The number of nitrogens with zero attached hydrogens (tertiary/aromatic N) is 3. The molecule has 4 N–H and O–H groups in total. The standard InChI is InChI=1S/C14H16N6/c1-2-3-9-4-6-10(7-5-9)18-13-11-12(17-8-16-11)19-14(15)20-13/h4-8H,2-3H2,1H3,(H4,15,16,17,18,19,20). The summed E-state index contributed by atoms with van der Waals surface area (Å²) in [5.41, 5.74) is 9.27. The molecule has 0 bridgehead atoms.